The van der Waals surface area contributed by atoms with E-state index in [2.05, 4.69) is 0 Å². The monoisotopic (exact) mass is 586 g/mol. The smallest absolute Gasteiger partial charge is 0.228 e. The highest BCUT2D eigenvalue weighted by Crippen LogP contribution is 2.37. The van der Waals surface area contributed by atoms with E-state index in [0.29, 0.717) is 48.3 Å². The van der Waals surface area contributed by atoms with Gasteiger partial charge >= 0.3 is 0 Å². The van der Waals surface area contributed by atoms with E-state index in [1.165, 1.54) is 26.4 Å². The van der Waals surface area contributed by atoms with Crippen molar-refractivity contribution in [2.75, 3.05) is 27.4 Å². The summed E-state index contributed by atoms with van der Waals surface area (Å²) in [6.45, 7) is 4.75. The number of aryl methyl sites for hydroxylation is 2. The maximum absolute atomic E-state index is 12.7. The highest BCUT2D eigenvalue weighted by molar-refractivity contribution is 6.24. The third-order valence-corrected chi connectivity index (χ3v) is 8.90. The molecule has 0 unspecified atom stereocenters. The maximum atomic E-state index is 12.7. The van der Waals surface area contributed by atoms with Gasteiger partial charge in [0, 0.05) is 46.2 Å². The van der Waals surface area contributed by atoms with Gasteiger partial charge in [0.05, 0.1) is 27.4 Å². The van der Waals surface area contributed by atoms with Gasteiger partial charge in [0.2, 0.25) is 11.6 Å². The lowest BCUT2D eigenvalue weighted by molar-refractivity contribution is -0.268. The molecule has 6 rings (SSSR count). The van der Waals surface area contributed by atoms with Crippen LogP contribution in [0.3, 0.4) is 0 Å². The molecule has 0 N–H and O–H groups in total. The molecule has 2 aromatic rings. The Hall–Kier alpha value is -3.92. The minimum atomic E-state index is -0.401. The summed E-state index contributed by atoms with van der Waals surface area (Å²) in [5.41, 5.74) is 5.42. The molecule has 2 heterocycles. The average molecular weight is 587 g/mol. The van der Waals surface area contributed by atoms with E-state index in [-0.39, 0.29) is 46.5 Å². The Labute approximate surface area is 249 Å². The zero-order valence-electron chi connectivity index (χ0n) is 24.7. The van der Waals surface area contributed by atoms with E-state index >= 15 is 0 Å². The van der Waals surface area contributed by atoms with Crippen molar-refractivity contribution >= 4 is 23.1 Å². The van der Waals surface area contributed by atoms with Crippen LogP contribution in [-0.2, 0) is 23.7 Å². The minimum absolute atomic E-state index is 0.0600. The van der Waals surface area contributed by atoms with Gasteiger partial charge in [-0.3, -0.25) is 19.2 Å². The molecule has 2 saturated heterocycles. The molecule has 2 aliphatic carbocycles. The molecule has 0 spiro atoms. The first-order chi connectivity index (χ1) is 20.7. The number of allylic oxidation sites excluding steroid dienone is 4. The van der Waals surface area contributed by atoms with Crippen molar-refractivity contribution in [3.05, 3.63) is 92.4 Å². The molecule has 9 nitrogen and oxygen atoms in total. The molecule has 0 amide bonds. The van der Waals surface area contributed by atoms with Crippen molar-refractivity contribution in [2.24, 2.45) is 0 Å². The molecule has 224 valence electrons. The summed E-state index contributed by atoms with van der Waals surface area (Å²) in [5.74, 6) is -0.754. The van der Waals surface area contributed by atoms with Crippen molar-refractivity contribution in [2.45, 2.75) is 63.9 Å². The van der Waals surface area contributed by atoms with E-state index in [0.717, 1.165) is 35.1 Å². The second-order valence-corrected chi connectivity index (χ2v) is 11.5. The predicted molar refractivity (Wildman–Crippen MR) is 154 cm³/mol. The average Bonchev–Trinajstić information content (AvgIpc) is 3.01. The molecular weight excluding hydrogens is 552 g/mol. The second kappa shape index (κ2) is 11.6. The van der Waals surface area contributed by atoms with E-state index < -0.39 is 12.6 Å². The molecule has 2 fully saturated rings. The number of benzene rings is 2. The fourth-order valence-corrected chi connectivity index (χ4v) is 6.54. The van der Waals surface area contributed by atoms with Crippen LogP contribution in [0.4, 0.5) is 0 Å². The Morgan fingerprint density at radius 3 is 1.37 bits per heavy atom. The molecule has 0 saturated carbocycles. The summed E-state index contributed by atoms with van der Waals surface area (Å²) < 4.78 is 28.5. The summed E-state index contributed by atoms with van der Waals surface area (Å²) in [6, 6.07) is 7.20. The lowest BCUT2D eigenvalue weighted by atomic mass is 9.83. The van der Waals surface area contributed by atoms with Gasteiger partial charge in [0.15, 0.2) is 35.7 Å². The summed E-state index contributed by atoms with van der Waals surface area (Å²) in [6.07, 6.45) is 4.65. The molecule has 9 heteroatoms. The lowest BCUT2D eigenvalue weighted by Crippen LogP contribution is -2.35. The van der Waals surface area contributed by atoms with Crippen molar-refractivity contribution in [1.29, 1.82) is 0 Å². The molecule has 2 aliphatic heterocycles. The number of hydrogen-bond acceptors (Lipinski definition) is 9. The largest absolute Gasteiger partial charge is 0.492 e. The highest BCUT2D eigenvalue weighted by atomic mass is 16.8. The van der Waals surface area contributed by atoms with E-state index in [9.17, 15) is 19.2 Å². The SMILES string of the molecule is COC1=CC(=O)c2cc([C@@H]3CC[C@@H](O[C@@H]4CC[C@H](c5cc6c(cc5C)C(=O)C(OC)=CC6=O)CO4)OC3)c(C)cc2C1=O. The second-order valence-electron chi connectivity index (χ2n) is 11.5. The fourth-order valence-electron chi connectivity index (χ4n) is 6.54. The summed E-state index contributed by atoms with van der Waals surface area (Å²) >= 11 is 0. The zero-order chi connectivity index (χ0) is 30.4. The first-order valence-corrected chi connectivity index (χ1v) is 14.6. The normalized spacial score (nSPS) is 25.5. The third kappa shape index (κ3) is 5.37. The van der Waals surface area contributed by atoms with Crippen LogP contribution in [0.1, 0.15) is 101 Å². The zero-order valence-corrected chi connectivity index (χ0v) is 24.7. The van der Waals surface area contributed by atoms with Crippen molar-refractivity contribution < 1.29 is 42.9 Å². The fraction of sp³-hybridized carbons (Fsp3) is 0.412. The first kappa shape index (κ1) is 29.2. The Morgan fingerprint density at radius 1 is 0.605 bits per heavy atom. The number of carbonyl (C=O) groups is 4. The highest BCUT2D eigenvalue weighted by Gasteiger charge is 2.34. The number of hydrogen-bond donors (Lipinski definition) is 0. The number of fused-ring (bicyclic) bond motifs is 2. The van der Waals surface area contributed by atoms with Crippen LogP contribution < -0.4 is 0 Å². The van der Waals surface area contributed by atoms with Crippen LogP contribution in [0.2, 0.25) is 0 Å². The molecular formula is C34H34O9. The molecule has 0 bridgehead atoms. The van der Waals surface area contributed by atoms with Crippen LogP contribution >= 0.6 is 0 Å². The van der Waals surface area contributed by atoms with Crippen LogP contribution in [0.15, 0.2) is 47.9 Å². The lowest BCUT2D eigenvalue weighted by Gasteiger charge is -2.35. The van der Waals surface area contributed by atoms with Gasteiger partial charge < -0.3 is 23.7 Å². The Bertz CT molecular complexity index is 1460. The topological polar surface area (TPSA) is 114 Å². The van der Waals surface area contributed by atoms with E-state index in [4.69, 9.17) is 23.7 Å². The van der Waals surface area contributed by atoms with Crippen LogP contribution in [0, 0.1) is 13.8 Å². The number of rotatable bonds is 6. The predicted octanol–water partition coefficient (Wildman–Crippen LogP) is 5.28. The molecule has 4 aliphatic rings. The van der Waals surface area contributed by atoms with Gasteiger partial charge in [0.1, 0.15) is 0 Å². The molecule has 0 aromatic heterocycles. The number of Topliss-reactive ketones (excluding diaryl/α,β-unsaturated/α-hetero) is 2. The third-order valence-electron chi connectivity index (χ3n) is 8.90. The van der Waals surface area contributed by atoms with Gasteiger partial charge in [-0.05, 0) is 86.1 Å². The van der Waals surface area contributed by atoms with Crippen LogP contribution in [-0.4, -0.2) is 63.1 Å². The standard InChI is InChI=1S/C34H34O9/c1-17-9-25-23(27(35)13-29(39-3)33(25)37)11-21(17)19-5-7-31(41-15-19)43-32-8-6-20(16-42-32)22-12-24-26(10-18(22)2)34(38)30(40-4)14-28(24)36/h9-14,19-20,31-32H,5-8,15-16H2,1-4H3/t19-,20+,31-,32-/m1/s1. The van der Waals surface area contributed by atoms with Crippen LogP contribution in [0.5, 0.6) is 0 Å². The Kier molecular flexibility index (Phi) is 7.89. The van der Waals surface area contributed by atoms with Gasteiger partial charge in [-0.2, -0.15) is 0 Å². The van der Waals surface area contributed by atoms with E-state index in [1.54, 1.807) is 12.1 Å². The molecule has 0 radical (unpaired) electrons. The first-order valence-electron chi connectivity index (χ1n) is 14.6. The maximum Gasteiger partial charge on any atom is 0.228 e. The van der Waals surface area contributed by atoms with Crippen molar-refractivity contribution in [1.82, 2.24) is 0 Å². The van der Waals surface area contributed by atoms with Crippen molar-refractivity contribution in [3.8, 4) is 0 Å². The van der Waals surface area contributed by atoms with Gasteiger partial charge in [-0.25, -0.2) is 0 Å². The summed E-state index contributed by atoms with van der Waals surface area (Å²) in [7, 11) is 2.77. The van der Waals surface area contributed by atoms with Gasteiger partial charge in [-0.15, -0.1) is 0 Å². The molecule has 43 heavy (non-hydrogen) atoms. The van der Waals surface area contributed by atoms with E-state index in [1.807, 2.05) is 26.0 Å². The number of carbonyl (C=O) groups excluding carboxylic acids is 4. The van der Waals surface area contributed by atoms with Gasteiger partial charge in [-0.1, -0.05) is 0 Å². The quantitative estimate of drug-likeness (QED) is 0.446. The number of methoxy groups -OCH3 is 2. The number of ether oxygens (including phenoxy) is 5. The van der Waals surface area contributed by atoms with Gasteiger partial charge in [0.25, 0.3) is 0 Å². The molecule has 2 aromatic carbocycles. The summed E-state index contributed by atoms with van der Waals surface area (Å²) in [4.78, 5) is 50.6. The van der Waals surface area contributed by atoms with Crippen molar-refractivity contribution in [3.63, 3.8) is 0 Å². The molecule has 4 atom stereocenters. The number of ketones is 4. The van der Waals surface area contributed by atoms with Crippen LogP contribution in [0.25, 0.3) is 0 Å². The Balaban J connectivity index is 1.05. The Morgan fingerprint density at radius 2 is 1.02 bits per heavy atom. The minimum Gasteiger partial charge on any atom is -0.492 e. The summed E-state index contributed by atoms with van der Waals surface area (Å²) in [5, 5.41) is 0.